The van der Waals surface area contributed by atoms with Gasteiger partial charge in [0, 0.05) is 0 Å². The molecule has 2 aromatic carbocycles. The second-order valence-corrected chi connectivity index (χ2v) is 3.79. The average molecular weight is 212 g/mol. The van der Waals surface area contributed by atoms with Crippen molar-refractivity contribution in [2.45, 2.75) is 6.92 Å². The van der Waals surface area contributed by atoms with Gasteiger partial charge in [-0.2, -0.15) is 0 Å². The molecule has 16 heavy (non-hydrogen) atoms. The number of carboxylic acid groups (broad SMARTS) is 1. The van der Waals surface area contributed by atoms with Crippen LogP contribution in [0.5, 0.6) is 0 Å². The summed E-state index contributed by atoms with van der Waals surface area (Å²) in [5.74, 6) is -0.899. The van der Waals surface area contributed by atoms with Gasteiger partial charge in [0.2, 0.25) is 0 Å². The van der Waals surface area contributed by atoms with E-state index in [1.165, 1.54) is 0 Å². The molecule has 0 heterocycles. The molecule has 2 rings (SSSR count). The van der Waals surface area contributed by atoms with Gasteiger partial charge in [0.25, 0.3) is 0 Å². The van der Waals surface area contributed by atoms with Crippen LogP contribution in [0.15, 0.2) is 43.0 Å². The largest absolute Gasteiger partial charge is 0.478 e. The third-order valence-corrected chi connectivity index (χ3v) is 2.61. The molecule has 0 aliphatic heterocycles. The van der Waals surface area contributed by atoms with Gasteiger partial charge in [-0.15, -0.1) is 0 Å². The van der Waals surface area contributed by atoms with Crippen LogP contribution < -0.4 is 0 Å². The SMILES string of the molecule is C=C(C)c1ccc(C(=O)O)c2ccccc12. The van der Waals surface area contributed by atoms with Crippen molar-refractivity contribution in [1.29, 1.82) is 0 Å². The lowest BCUT2D eigenvalue weighted by molar-refractivity contribution is 0.0699. The maximum absolute atomic E-state index is 11.1. The van der Waals surface area contributed by atoms with Crippen molar-refractivity contribution in [3.63, 3.8) is 0 Å². The first-order valence-electron chi connectivity index (χ1n) is 5.02. The molecule has 2 heteroatoms. The summed E-state index contributed by atoms with van der Waals surface area (Å²) in [5.41, 5.74) is 2.27. The second-order valence-electron chi connectivity index (χ2n) is 3.79. The minimum atomic E-state index is -0.899. The van der Waals surface area contributed by atoms with Crippen molar-refractivity contribution >= 4 is 22.3 Å². The third-order valence-electron chi connectivity index (χ3n) is 2.61. The maximum Gasteiger partial charge on any atom is 0.336 e. The Labute approximate surface area is 93.8 Å². The maximum atomic E-state index is 11.1. The summed E-state index contributed by atoms with van der Waals surface area (Å²) in [4.78, 5) is 11.1. The molecule has 2 aromatic rings. The van der Waals surface area contributed by atoms with Crippen molar-refractivity contribution in [3.8, 4) is 0 Å². The molecule has 0 saturated carbocycles. The molecule has 0 atom stereocenters. The Balaban J connectivity index is 2.87. The molecule has 0 unspecified atom stereocenters. The molecule has 0 bridgehead atoms. The lowest BCUT2D eigenvalue weighted by atomic mass is 9.96. The molecule has 0 aliphatic carbocycles. The topological polar surface area (TPSA) is 37.3 Å². The number of aromatic carboxylic acids is 1. The van der Waals surface area contributed by atoms with Gasteiger partial charge in [0.1, 0.15) is 0 Å². The summed E-state index contributed by atoms with van der Waals surface area (Å²) >= 11 is 0. The number of allylic oxidation sites excluding steroid dienone is 1. The number of rotatable bonds is 2. The van der Waals surface area contributed by atoms with Crippen molar-refractivity contribution < 1.29 is 9.90 Å². The smallest absolute Gasteiger partial charge is 0.336 e. The molecule has 2 nitrogen and oxygen atoms in total. The zero-order chi connectivity index (χ0) is 11.7. The Bertz CT molecular complexity index is 530. The van der Waals surface area contributed by atoms with Gasteiger partial charge in [-0.3, -0.25) is 0 Å². The second kappa shape index (κ2) is 3.81. The first-order valence-corrected chi connectivity index (χ1v) is 5.02. The van der Waals surface area contributed by atoms with E-state index in [1.54, 1.807) is 6.07 Å². The van der Waals surface area contributed by atoms with E-state index in [0.717, 1.165) is 21.9 Å². The Morgan fingerprint density at radius 3 is 2.06 bits per heavy atom. The fraction of sp³-hybridized carbons (Fsp3) is 0.0714. The first-order chi connectivity index (χ1) is 7.61. The molecule has 0 radical (unpaired) electrons. The zero-order valence-corrected chi connectivity index (χ0v) is 9.03. The van der Waals surface area contributed by atoms with E-state index in [0.29, 0.717) is 5.56 Å². The van der Waals surface area contributed by atoms with Crippen LogP contribution in [0.2, 0.25) is 0 Å². The van der Waals surface area contributed by atoms with Crippen LogP contribution in [0.4, 0.5) is 0 Å². The van der Waals surface area contributed by atoms with E-state index in [1.807, 2.05) is 37.3 Å². The number of fused-ring (bicyclic) bond motifs is 1. The zero-order valence-electron chi connectivity index (χ0n) is 9.03. The summed E-state index contributed by atoms with van der Waals surface area (Å²) in [7, 11) is 0. The van der Waals surface area contributed by atoms with Crippen LogP contribution in [0.1, 0.15) is 22.8 Å². The van der Waals surface area contributed by atoms with Gasteiger partial charge in [-0.1, -0.05) is 42.5 Å². The third kappa shape index (κ3) is 1.58. The minimum absolute atomic E-state index is 0.334. The monoisotopic (exact) mass is 212 g/mol. The number of carbonyl (C=O) groups is 1. The van der Waals surface area contributed by atoms with E-state index in [-0.39, 0.29) is 0 Å². The number of hydrogen-bond donors (Lipinski definition) is 1. The molecule has 0 aliphatic rings. The van der Waals surface area contributed by atoms with Gasteiger partial charge in [-0.25, -0.2) is 4.79 Å². The van der Waals surface area contributed by atoms with Crippen LogP contribution in [0, 0.1) is 0 Å². The van der Waals surface area contributed by atoms with Crippen molar-refractivity contribution in [2.75, 3.05) is 0 Å². The highest BCUT2D eigenvalue weighted by atomic mass is 16.4. The van der Waals surface area contributed by atoms with Crippen LogP contribution in [-0.2, 0) is 0 Å². The van der Waals surface area contributed by atoms with Gasteiger partial charge in [0.15, 0.2) is 0 Å². The first kappa shape index (κ1) is 10.4. The summed E-state index contributed by atoms with van der Waals surface area (Å²) in [6, 6.07) is 10.9. The van der Waals surface area contributed by atoms with Crippen LogP contribution >= 0.6 is 0 Å². The van der Waals surface area contributed by atoms with Gasteiger partial charge in [-0.05, 0) is 29.3 Å². The van der Waals surface area contributed by atoms with E-state index >= 15 is 0 Å². The van der Waals surface area contributed by atoms with Gasteiger partial charge < -0.3 is 5.11 Å². The predicted molar refractivity (Wildman–Crippen MR) is 65.6 cm³/mol. The Morgan fingerprint density at radius 1 is 1.06 bits per heavy atom. The molecular weight excluding hydrogens is 200 g/mol. The normalized spacial score (nSPS) is 10.3. The lowest BCUT2D eigenvalue weighted by Crippen LogP contribution is -1.98. The Hall–Kier alpha value is -2.09. The standard InChI is InChI=1S/C14H12O2/c1-9(2)10-7-8-13(14(15)16)12-6-4-3-5-11(10)12/h3-8H,1H2,2H3,(H,15,16). The van der Waals surface area contributed by atoms with Crippen LogP contribution in [0.3, 0.4) is 0 Å². The fourth-order valence-corrected chi connectivity index (χ4v) is 1.86. The molecule has 80 valence electrons. The highest BCUT2D eigenvalue weighted by Crippen LogP contribution is 2.26. The van der Waals surface area contributed by atoms with Crippen molar-refractivity contribution in [2.24, 2.45) is 0 Å². The van der Waals surface area contributed by atoms with E-state index < -0.39 is 5.97 Å². The summed E-state index contributed by atoms with van der Waals surface area (Å²) < 4.78 is 0. The molecule has 1 N–H and O–H groups in total. The molecule has 0 saturated heterocycles. The molecule has 0 amide bonds. The van der Waals surface area contributed by atoms with E-state index in [4.69, 9.17) is 5.11 Å². The highest BCUT2D eigenvalue weighted by molar-refractivity contribution is 6.06. The van der Waals surface area contributed by atoms with E-state index in [9.17, 15) is 4.79 Å². The number of benzene rings is 2. The highest BCUT2D eigenvalue weighted by Gasteiger charge is 2.10. The summed E-state index contributed by atoms with van der Waals surface area (Å²) in [6.45, 7) is 5.82. The number of carboxylic acids is 1. The van der Waals surface area contributed by atoms with E-state index in [2.05, 4.69) is 6.58 Å². The molecular formula is C14H12O2. The number of hydrogen-bond acceptors (Lipinski definition) is 1. The Morgan fingerprint density at radius 2 is 1.56 bits per heavy atom. The predicted octanol–water partition coefficient (Wildman–Crippen LogP) is 3.57. The van der Waals surface area contributed by atoms with Gasteiger partial charge >= 0.3 is 5.97 Å². The summed E-state index contributed by atoms with van der Waals surface area (Å²) in [5, 5.41) is 10.8. The lowest BCUT2D eigenvalue weighted by Gasteiger charge is -2.08. The minimum Gasteiger partial charge on any atom is -0.478 e. The fourth-order valence-electron chi connectivity index (χ4n) is 1.86. The average Bonchev–Trinajstić information content (AvgIpc) is 2.27. The van der Waals surface area contributed by atoms with Crippen molar-refractivity contribution in [3.05, 3.63) is 54.1 Å². The quantitative estimate of drug-likeness (QED) is 0.826. The van der Waals surface area contributed by atoms with Crippen molar-refractivity contribution in [1.82, 2.24) is 0 Å². The molecule has 0 spiro atoms. The summed E-state index contributed by atoms with van der Waals surface area (Å²) in [6.07, 6.45) is 0. The van der Waals surface area contributed by atoms with Crippen LogP contribution in [0.25, 0.3) is 16.3 Å². The van der Waals surface area contributed by atoms with Crippen LogP contribution in [-0.4, -0.2) is 11.1 Å². The van der Waals surface area contributed by atoms with Gasteiger partial charge in [0.05, 0.1) is 5.56 Å². The Kier molecular flexibility index (Phi) is 2.49. The molecule has 0 fully saturated rings. The molecule has 0 aromatic heterocycles.